The van der Waals surface area contributed by atoms with E-state index in [0.717, 1.165) is 5.57 Å². The van der Waals surface area contributed by atoms with Crippen molar-refractivity contribution in [3.05, 3.63) is 41.4 Å². The third-order valence-electron chi connectivity index (χ3n) is 3.63. The van der Waals surface area contributed by atoms with Gasteiger partial charge in [-0.1, -0.05) is 17.8 Å². The number of rotatable bonds is 6. The molecule has 7 heteroatoms. The zero-order valence-electron chi connectivity index (χ0n) is 14.7. The van der Waals surface area contributed by atoms with E-state index in [9.17, 15) is 14.0 Å². The molecule has 1 aliphatic heterocycles. The van der Waals surface area contributed by atoms with E-state index >= 15 is 0 Å². The van der Waals surface area contributed by atoms with Crippen molar-refractivity contribution >= 4 is 28.5 Å². The van der Waals surface area contributed by atoms with E-state index in [1.54, 1.807) is 32.3 Å². The number of methoxy groups -OCH3 is 1. The first-order chi connectivity index (χ1) is 11.8. The molecule has 0 N–H and O–H groups in total. The number of halogens is 1. The van der Waals surface area contributed by atoms with Gasteiger partial charge in [0.05, 0.1) is 13.7 Å². The largest absolute Gasteiger partial charge is 0.494 e. The standard InChI is InChI=1S/C18H21FN2O3S/c1-11(8-12(2)22)10-21(3)18(23)15-9-20-17(25-15)13-6-5-7-14(24-4)16(13)19/h5-7,10,15H,8-9H2,1-4H3/b11-10+. The molecule has 0 aromatic heterocycles. The summed E-state index contributed by atoms with van der Waals surface area (Å²) in [7, 11) is 3.06. The molecule has 0 spiro atoms. The summed E-state index contributed by atoms with van der Waals surface area (Å²) < 4.78 is 19.3. The minimum absolute atomic E-state index is 0.0453. The Morgan fingerprint density at radius 1 is 1.44 bits per heavy atom. The highest BCUT2D eigenvalue weighted by molar-refractivity contribution is 8.15. The van der Waals surface area contributed by atoms with Crippen LogP contribution in [-0.2, 0) is 9.59 Å². The van der Waals surface area contributed by atoms with Gasteiger partial charge in [0.15, 0.2) is 11.6 Å². The first-order valence-electron chi connectivity index (χ1n) is 7.81. The molecule has 25 heavy (non-hydrogen) atoms. The number of carbonyl (C=O) groups is 2. The van der Waals surface area contributed by atoms with E-state index in [1.807, 2.05) is 0 Å². The van der Waals surface area contributed by atoms with Gasteiger partial charge in [-0.2, -0.15) is 0 Å². The molecule has 1 aromatic rings. The highest BCUT2D eigenvalue weighted by Crippen LogP contribution is 2.31. The fourth-order valence-electron chi connectivity index (χ4n) is 2.55. The van der Waals surface area contributed by atoms with Crippen molar-refractivity contribution in [2.75, 3.05) is 20.7 Å². The fraction of sp³-hybridized carbons (Fsp3) is 0.389. The third kappa shape index (κ3) is 4.69. The molecule has 0 saturated carbocycles. The van der Waals surface area contributed by atoms with Gasteiger partial charge in [-0.15, -0.1) is 0 Å². The molecular formula is C18H21FN2O3S. The first kappa shape index (κ1) is 19.2. The maximum Gasteiger partial charge on any atom is 0.241 e. The number of benzene rings is 1. The van der Waals surface area contributed by atoms with Gasteiger partial charge in [0.2, 0.25) is 5.91 Å². The van der Waals surface area contributed by atoms with E-state index in [0.29, 0.717) is 23.6 Å². The Bertz CT molecular complexity index is 746. The second kappa shape index (κ2) is 8.29. The number of ether oxygens (including phenoxy) is 1. The number of thioether (sulfide) groups is 1. The first-order valence-corrected chi connectivity index (χ1v) is 8.68. The van der Waals surface area contributed by atoms with Crippen LogP contribution in [0.4, 0.5) is 4.39 Å². The van der Waals surface area contributed by atoms with Crippen LogP contribution >= 0.6 is 11.8 Å². The molecule has 1 amide bonds. The van der Waals surface area contributed by atoms with E-state index in [1.165, 1.54) is 36.8 Å². The van der Waals surface area contributed by atoms with Crippen LogP contribution in [0.3, 0.4) is 0 Å². The average Bonchev–Trinajstić information content (AvgIpc) is 3.03. The highest BCUT2D eigenvalue weighted by atomic mass is 32.2. The quantitative estimate of drug-likeness (QED) is 0.778. The van der Waals surface area contributed by atoms with Crippen molar-refractivity contribution < 1.29 is 18.7 Å². The zero-order valence-corrected chi connectivity index (χ0v) is 15.5. The molecule has 0 bridgehead atoms. The van der Waals surface area contributed by atoms with Crippen LogP contribution in [0.5, 0.6) is 5.75 Å². The number of hydrogen-bond acceptors (Lipinski definition) is 5. The van der Waals surface area contributed by atoms with Crippen molar-refractivity contribution in [1.29, 1.82) is 0 Å². The summed E-state index contributed by atoms with van der Waals surface area (Å²) in [6.45, 7) is 3.61. The minimum Gasteiger partial charge on any atom is -0.494 e. The zero-order chi connectivity index (χ0) is 18.6. The summed E-state index contributed by atoms with van der Waals surface area (Å²) >= 11 is 1.24. The Kier molecular flexibility index (Phi) is 6.36. The summed E-state index contributed by atoms with van der Waals surface area (Å²) in [5.74, 6) is -0.413. The van der Waals surface area contributed by atoms with Crippen LogP contribution < -0.4 is 4.74 Å². The van der Waals surface area contributed by atoms with Gasteiger partial charge in [0, 0.05) is 25.2 Å². The molecule has 0 saturated heterocycles. The van der Waals surface area contributed by atoms with Gasteiger partial charge >= 0.3 is 0 Å². The molecule has 0 radical (unpaired) electrons. The summed E-state index contributed by atoms with van der Waals surface area (Å²) in [6.07, 6.45) is 1.97. The number of ketones is 1. The summed E-state index contributed by atoms with van der Waals surface area (Å²) in [4.78, 5) is 29.5. The smallest absolute Gasteiger partial charge is 0.241 e. The molecule has 1 aliphatic rings. The Morgan fingerprint density at radius 3 is 2.80 bits per heavy atom. The molecular weight excluding hydrogens is 343 g/mol. The molecule has 0 aliphatic carbocycles. The molecule has 1 atom stereocenters. The number of allylic oxidation sites excluding steroid dienone is 1. The Balaban J connectivity index is 2.07. The number of aliphatic imine (C=N–C) groups is 1. The SMILES string of the molecule is COc1cccc(C2=NCC(C(=O)N(C)/C=C(\C)CC(C)=O)S2)c1F. The molecule has 0 fully saturated rings. The van der Waals surface area contributed by atoms with E-state index < -0.39 is 11.1 Å². The molecule has 1 aromatic carbocycles. The van der Waals surface area contributed by atoms with Crippen molar-refractivity contribution in [2.45, 2.75) is 25.5 Å². The van der Waals surface area contributed by atoms with E-state index in [2.05, 4.69) is 4.99 Å². The molecule has 2 rings (SSSR count). The predicted octanol–water partition coefficient (Wildman–Crippen LogP) is 3.04. The van der Waals surface area contributed by atoms with Gasteiger partial charge in [-0.05, 0) is 31.6 Å². The van der Waals surface area contributed by atoms with Crippen molar-refractivity contribution in [1.82, 2.24) is 4.90 Å². The Hall–Kier alpha value is -2.15. The predicted molar refractivity (Wildman–Crippen MR) is 97.6 cm³/mol. The lowest BCUT2D eigenvalue weighted by Gasteiger charge is -2.17. The van der Waals surface area contributed by atoms with Crippen LogP contribution in [0.25, 0.3) is 0 Å². The van der Waals surface area contributed by atoms with Gasteiger partial charge in [0.25, 0.3) is 0 Å². The maximum atomic E-state index is 14.3. The third-order valence-corrected chi connectivity index (χ3v) is 4.84. The van der Waals surface area contributed by atoms with E-state index in [4.69, 9.17) is 4.74 Å². The monoisotopic (exact) mass is 364 g/mol. The van der Waals surface area contributed by atoms with Crippen LogP contribution in [0.15, 0.2) is 35.0 Å². The minimum atomic E-state index is -0.477. The normalized spacial score (nSPS) is 17.2. The average molecular weight is 364 g/mol. The van der Waals surface area contributed by atoms with E-state index in [-0.39, 0.29) is 17.4 Å². The van der Waals surface area contributed by atoms with Crippen LogP contribution in [0.1, 0.15) is 25.8 Å². The molecule has 1 unspecified atom stereocenters. The fourth-order valence-corrected chi connectivity index (χ4v) is 3.66. The second-order valence-corrected chi connectivity index (χ2v) is 7.07. The summed E-state index contributed by atoms with van der Waals surface area (Å²) in [5, 5.41) is 0.0829. The highest BCUT2D eigenvalue weighted by Gasteiger charge is 2.30. The number of carbonyl (C=O) groups excluding carboxylic acids is 2. The number of nitrogens with zero attached hydrogens (tertiary/aromatic N) is 2. The number of amides is 1. The van der Waals surface area contributed by atoms with Crippen molar-refractivity contribution in [2.24, 2.45) is 4.99 Å². The molecule has 134 valence electrons. The van der Waals surface area contributed by atoms with Crippen molar-refractivity contribution in [3.63, 3.8) is 0 Å². The van der Waals surface area contributed by atoms with Gasteiger partial charge in [-0.3, -0.25) is 14.6 Å². The lowest BCUT2D eigenvalue weighted by atomic mass is 10.2. The van der Waals surface area contributed by atoms with Crippen molar-refractivity contribution in [3.8, 4) is 5.75 Å². The number of Topliss-reactive ketones (excluding diaryl/α,β-unsaturated/α-hetero) is 1. The van der Waals surface area contributed by atoms with Gasteiger partial charge in [-0.25, -0.2) is 4.39 Å². The second-order valence-electron chi connectivity index (χ2n) is 5.88. The maximum absolute atomic E-state index is 14.3. The molecule has 1 heterocycles. The molecule has 5 nitrogen and oxygen atoms in total. The van der Waals surface area contributed by atoms with Gasteiger partial charge < -0.3 is 9.64 Å². The Morgan fingerprint density at radius 2 is 2.16 bits per heavy atom. The van der Waals surface area contributed by atoms with Gasteiger partial charge in [0.1, 0.15) is 16.1 Å². The lowest BCUT2D eigenvalue weighted by Crippen LogP contribution is -2.32. The summed E-state index contributed by atoms with van der Waals surface area (Å²) in [6, 6.07) is 4.85. The summed E-state index contributed by atoms with van der Waals surface area (Å²) in [5.41, 5.74) is 1.15. The number of hydrogen-bond donors (Lipinski definition) is 0. The van der Waals surface area contributed by atoms with Crippen LogP contribution in [0, 0.1) is 5.82 Å². The van der Waals surface area contributed by atoms with Crippen LogP contribution in [-0.4, -0.2) is 47.6 Å². The van der Waals surface area contributed by atoms with Crippen LogP contribution in [0.2, 0.25) is 0 Å². The topological polar surface area (TPSA) is 59.0 Å². The lowest BCUT2D eigenvalue weighted by molar-refractivity contribution is -0.126. The Labute approximate surface area is 150 Å².